The summed E-state index contributed by atoms with van der Waals surface area (Å²) in [6, 6.07) is 7.69. The SMILES string of the molecule is COC(=O)C1=C2C(=O)N(c3ccccc3)C(=O)C2NN1. The van der Waals surface area contributed by atoms with Crippen LogP contribution in [-0.4, -0.2) is 30.9 Å². The van der Waals surface area contributed by atoms with Crippen LogP contribution < -0.4 is 15.8 Å². The van der Waals surface area contributed by atoms with E-state index in [0.29, 0.717) is 5.69 Å². The van der Waals surface area contributed by atoms with Gasteiger partial charge < -0.3 is 10.2 Å². The Labute approximate surface area is 114 Å². The smallest absolute Gasteiger partial charge is 0.356 e. The van der Waals surface area contributed by atoms with E-state index < -0.39 is 23.8 Å². The van der Waals surface area contributed by atoms with Crippen molar-refractivity contribution in [3.05, 3.63) is 41.6 Å². The molecule has 2 aliphatic rings. The molecule has 0 radical (unpaired) electrons. The van der Waals surface area contributed by atoms with Gasteiger partial charge in [-0.25, -0.2) is 15.1 Å². The number of esters is 1. The first-order valence-corrected chi connectivity index (χ1v) is 5.92. The zero-order chi connectivity index (χ0) is 14.3. The molecule has 1 aromatic carbocycles. The second-order valence-corrected chi connectivity index (χ2v) is 4.30. The third kappa shape index (κ3) is 1.60. The highest BCUT2D eigenvalue weighted by Gasteiger charge is 2.50. The molecule has 0 saturated carbocycles. The summed E-state index contributed by atoms with van der Waals surface area (Å²) >= 11 is 0. The minimum absolute atomic E-state index is 0.0192. The van der Waals surface area contributed by atoms with Crippen molar-refractivity contribution in [1.29, 1.82) is 0 Å². The fourth-order valence-electron chi connectivity index (χ4n) is 2.28. The summed E-state index contributed by atoms with van der Waals surface area (Å²) in [4.78, 5) is 37.3. The summed E-state index contributed by atoms with van der Waals surface area (Å²) in [5.74, 6) is -1.64. The molecular formula is C13H11N3O4. The van der Waals surface area contributed by atoms with Crippen LogP contribution in [0.25, 0.3) is 0 Å². The van der Waals surface area contributed by atoms with Crippen molar-refractivity contribution in [3.8, 4) is 0 Å². The predicted octanol–water partition coefficient (Wildman–Crippen LogP) is -0.537. The van der Waals surface area contributed by atoms with E-state index in [9.17, 15) is 14.4 Å². The summed E-state index contributed by atoms with van der Waals surface area (Å²) in [5, 5.41) is 0. The number of methoxy groups -OCH3 is 1. The van der Waals surface area contributed by atoms with Gasteiger partial charge in [0.15, 0.2) is 0 Å². The maximum absolute atomic E-state index is 12.4. The molecule has 7 nitrogen and oxygen atoms in total. The zero-order valence-electron chi connectivity index (χ0n) is 10.5. The highest BCUT2D eigenvalue weighted by molar-refractivity contribution is 6.32. The van der Waals surface area contributed by atoms with E-state index in [1.807, 2.05) is 0 Å². The maximum atomic E-state index is 12.4. The lowest BCUT2D eigenvalue weighted by Gasteiger charge is -2.15. The first-order valence-electron chi connectivity index (χ1n) is 5.92. The van der Waals surface area contributed by atoms with Crippen LogP contribution in [0.15, 0.2) is 41.6 Å². The van der Waals surface area contributed by atoms with E-state index in [-0.39, 0.29) is 11.3 Å². The number of rotatable bonds is 2. The number of imide groups is 1. The Morgan fingerprint density at radius 2 is 1.95 bits per heavy atom. The number of hydrazine groups is 1. The van der Waals surface area contributed by atoms with Crippen molar-refractivity contribution in [2.75, 3.05) is 12.0 Å². The van der Waals surface area contributed by atoms with Crippen molar-refractivity contribution in [3.63, 3.8) is 0 Å². The van der Waals surface area contributed by atoms with E-state index in [0.717, 1.165) is 4.90 Å². The molecule has 0 aliphatic carbocycles. The van der Waals surface area contributed by atoms with Crippen molar-refractivity contribution in [2.24, 2.45) is 0 Å². The normalized spacial score (nSPS) is 21.1. The van der Waals surface area contributed by atoms with Gasteiger partial charge in [0.1, 0.15) is 11.7 Å². The molecule has 2 aliphatic heterocycles. The van der Waals surface area contributed by atoms with Gasteiger partial charge in [-0.2, -0.15) is 0 Å². The van der Waals surface area contributed by atoms with Gasteiger partial charge >= 0.3 is 5.97 Å². The molecule has 20 heavy (non-hydrogen) atoms. The van der Waals surface area contributed by atoms with Gasteiger partial charge in [-0.15, -0.1) is 0 Å². The first kappa shape index (κ1) is 12.4. The highest BCUT2D eigenvalue weighted by atomic mass is 16.5. The average molecular weight is 273 g/mol. The van der Waals surface area contributed by atoms with E-state index in [1.165, 1.54) is 7.11 Å². The van der Waals surface area contributed by atoms with Crippen molar-refractivity contribution in [2.45, 2.75) is 6.04 Å². The summed E-state index contributed by atoms with van der Waals surface area (Å²) in [6.07, 6.45) is 0. The molecule has 2 heterocycles. The molecule has 1 aromatic rings. The minimum atomic E-state index is -0.864. The highest BCUT2D eigenvalue weighted by Crippen LogP contribution is 2.29. The number of anilines is 1. The third-order valence-corrected chi connectivity index (χ3v) is 3.20. The molecule has 1 unspecified atom stereocenters. The van der Waals surface area contributed by atoms with Gasteiger partial charge in [0.05, 0.1) is 18.4 Å². The number of hydrogen-bond acceptors (Lipinski definition) is 6. The molecule has 1 fully saturated rings. The minimum Gasteiger partial charge on any atom is -0.464 e. The van der Waals surface area contributed by atoms with Crippen LogP contribution in [0.2, 0.25) is 0 Å². The van der Waals surface area contributed by atoms with Gasteiger partial charge in [-0.3, -0.25) is 9.59 Å². The third-order valence-electron chi connectivity index (χ3n) is 3.20. The van der Waals surface area contributed by atoms with Crippen LogP contribution in [0.1, 0.15) is 0 Å². The standard InChI is InChI=1S/C13H11N3O4/c1-20-13(19)10-8-9(14-15-10)12(18)16(11(8)17)7-5-3-2-4-6-7/h2-6,9,14-15H,1H3. The maximum Gasteiger partial charge on any atom is 0.356 e. The Hall–Kier alpha value is -2.67. The Bertz CT molecular complexity index is 638. The summed E-state index contributed by atoms with van der Waals surface area (Å²) in [5.41, 5.74) is 5.69. The molecule has 3 rings (SSSR count). The number of amides is 2. The molecule has 102 valence electrons. The molecular weight excluding hydrogens is 262 g/mol. The van der Waals surface area contributed by atoms with Crippen LogP contribution in [-0.2, 0) is 19.1 Å². The number of carbonyl (C=O) groups excluding carboxylic acids is 3. The number of para-hydroxylation sites is 1. The summed E-state index contributed by atoms with van der Waals surface area (Å²) in [6.45, 7) is 0. The lowest BCUT2D eigenvalue weighted by atomic mass is 10.1. The number of benzene rings is 1. The van der Waals surface area contributed by atoms with E-state index in [4.69, 9.17) is 0 Å². The molecule has 1 saturated heterocycles. The van der Waals surface area contributed by atoms with Crippen LogP contribution >= 0.6 is 0 Å². The van der Waals surface area contributed by atoms with Crippen molar-refractivity contribution < 1.29 is 19.1 Å². The quantitative estimate of drug-likeness (QED) is 0.556. The fraction of sp³-hybridized carbons (Fsp3) is 0.154. The monoisotopic (exact) mass is 273 g/mol. The van der Waals surface area contributed by atoms with Gasteiger partial charge in [0.2, 0.25) is 0 Å². The molecule has 0 aromatic heterocycles. The Kier molecular flexibility index (Phi) is 2.76. The number of hydrogen-bond donors (Lipinski definition) is 2. The number of ether oxygens (including phenoxy) is 1. The number of nitrogens with zero attached hydrogens (tertiary/aromatic N) is 1. The van der Waals surface area contributed by atoms with Crippen LogP contribution in [0, 0.1) is 0 Å². The van der Waals surface area contributed by atoms with Gasteiger partial charge in [-0.1, -0.05) is 18.2 Å². The number of nitrogens with one attached hydrogen (secondary N) is 2. The summed E-state index contributed by atoms with van der Waals surface area (Å²) in [7, 11) is 1.21. The van der Waals surface area contributed by atoms with Gasteiger partial charge in [0.25, 0.3) is 11.8 Å². The average Bonchev–Trinajstić information content (AvgIpc) is 3.01. The predicted molar refractivity (Wildman–Crippen MR) is 68.0 cm³/mol. The second-order valence-electron chi connectivity index (χ2n) is 4.30. The Balaban J connectivity index is 2.06. The molecule has 2 amide bonds. The zero-order valence-corrected chi connectivity index (χ0v) is 10.5. The number of fused-ring (bicyclic) bond motifs is 1. The van der Waals surface area contributed by atoms with Crippen molar-refractivity contribution in [1.82, 2.24) is 10.9 Å². The molecule has 7 heteroatoms. The molecule has 0 bridgehead atoms. The first-order chi connectivity index (χ1) is 9.65. The molecule has 2 N–H and O–H groups in total. The Morgan fingerprint density at radius 3 is 2.60 bits per heavy atom. The van der Waals surface area contributed by atoms with Crippen LogP contribution in [0.5, 0.6) is 0 Å². The topological polar surface area (TPSA) is 87.7 Å². The lowest BCUT2D eigenvalue weighted by Crippen LogP contribution is -2.42. The molecule has 0 spiro atoms. The summed E-state index contributed by atoms with van der Waals surface area (Å²) < 4.78 is 4.59. The second kappa shape index (κ2) is 4.46. The number of carbonyl (C=O) groups is 3. The largest absolute Gasteiger partial charge is 0.464 e. The van der Waals surface area contributed by atoms with Gasteiger partial charge in [-0.05, 0) is 12.1 Å². The van der Waals surface area contributed by atoms with E-state index >= 15 is 0 Å². The van der Waals surface area contributed by atoms with Gasteiger partial charge in [0, 0.05) is 0 Å². The van der Waals surface area contributed by atoms with Crippen molar-refractivity contribution >= 4 is 23.5 Å². The Morgan fingerprint density at radius 1 is 1.25 bits per heavy atom. The van der Waals surface area contributed by atoms with Crippen LogP contribution in [0.3, 0.4) is 0 Å². The molecule has 1 atom stereocenters. The van der Waals surface area contributed by atoms with E-state index in [1.54, 1.807) is 30.3 Å². The lowest BCUT2D eigenvalue weighted by molar-refractivity contribution is -0.137. The fourth-order valence-corrected chi connectivity index (χ4v) is 2.28. The van der Waals surface area contributed by atoms with Crippen LogP contribution in [0.4, 0.5) is 5.69 Å². The van der Waals surface area contributed by atoms with E-state index in [2.05, 4.69) is 15.6 Å².